The van der Waals surface area contributed by atoms with Crippen molar-refractivity contribution in [1.82, 2.24) is 0 Å². The number of benzene rings is 2. The number of phenols is 2. The van der Waals surface area contributed by atoms with Crippen molar-refractivity contribution in [2.45, 2.75) is 58.8 Å². The molecule has 1 aliphatic heterocycles. The third-order valence-corrected chi connectivity index (χ3v) is 5.51. The second-order valence-corrected chi connectivity index (χ2v) is 7.91. The average molecular weight is 456 g/mol. The van der Waals surface area contributed by atoms with Gasteiger partial charge in [-0.3, -0.25) is 4.79 Å². The first-order chi connectivity index (χ1) is 15.8. The topological polar surface area (TPSA) is 119 Å². The number of carbonyl (C=O) groups excluding carboxylic acids is 3. The average Bonchev–Trinajstić information content (AvgIpc) is 2.91. The van der Waals surface area contributed by atoms with E-state index < -0.39 is 17.7 Å². The van der Waals surface area contributed by atoms with Gasteiger partial charge in [0.05, 0.1) is 7.11 Å². The van der Waals surface area contributed by atoms with Gasteiger partial charge in [-0.2, -0.15) is 0 Å². The summed E-state index contributed by atoms with van der Waals surface area (Å²) in [6.07, 6.45) is 4.42. The lowest BCUT2D eigenvalue weighted by Crippen LogP contribution is -2.14. The van der Waals surface area contributed by atoms with E-state index in [1.807, 2.05) is 13.8 Å². The van der Waals surface area contributed by atoms with Crippen LogP contribution in [0.5, 0.6) is 28.7 Å². The fraction of sp³-hybridized carbons (Fsp3) is 0.400. The molecule has 8 heteroatoms. The van der Waals surface area contributed by atoms with E-state index in [-0.39, 0.29) is 51.9 Å². The van der Waals surface area contributed by atoms with Gasteiger partial charge in [0.25, 0.3) is 0 Å². The molecule has 2 N–H and O–H groups in total. The minimum absolute atomic E-state index is 0.00111. The molecule has 2 aromatic rings. The van der Waals surface area contributed by atoms with Crippen LogP contribution in [0.25, 0.3) is 0 Å². The molecule has 2 aromatic carbocycles. The highest BCUT2D eigenvalue weighted by Gasteiger charge is 2.33. The van der Waals surface area contributed by atoms with Crippen molar-refractivity contribution in [3.05, 3.63) is 40.5 Å². The van der Waals surface area contributed by atoms with Crippen LogP contribution in [0.15, 0.2) is 18.2 Å². The summed E-state index contributed by atoms with van der Waals surface area (Å²) in [5.41, 5.74) is 0.143. The molecular formula is C25H28O8. The van der Waals surface area contributed by atoms with Crippen LogP contribution in [0.2, 0.25) is 0 Å². The number of hydrogen-bond donors (Lipinski definition) is 2. The Hall–Kier alpha value is -3.55. The third kappa shape index (κ3) is 4.94. The Bertz CT molecular complexity index is 1090. The van der Waals surface area contributed by atoms with Crippen LogP contribution in [0.1, 0.15) is 89.0 Å². The number of carbonyl (C=O) groups is 3. The maximum absolute atomic E-state index is 13.0. The second-order valence-electron chi connectivity index (χ2n) is 7.91. The van der Waals surface area contributed by atoms with E-state index in [0.717, 1.165) is 25.3 Å². The smallest absolute Gasteiger partial charge is 0.348 e. The van der Waals surface area contributed by atoms with Crippen molar-refractivity contribution >= 4 is 17.7 Å². The van der Waals surface area contributed by atoms with Crippen LogP contribution in [0.4, 0.5) is 0 Å². The maximum atomic E-state index is 13.0. The molecule has 0 atom stereocenters. The SMILES string of the molecule is CCCCCc1c2c(cc(O)c1C(=O)OC)OC(=O)c1c(cc(O)cc1C(=O)CCCC)O2. The third-order valence-electron chi connectivity index (χ3n) is 5.51. The number of hydrogen-bond acceptors (Lipinski definition) is 8. The summed E-state index contributed by atoms with van der Waals surface area (Å²) in [6, 6.07) is 3.56. The lowest BCUT2D eigenvalue weighted by molar-refractivity contribution is 0.0595. The van der Waals surface area contributed by atoms with E-state index in [1.165, 1.54) is 19.2 Å². The number of fused-ring (bicyclic) bond motifs is 2. The summed E-state index contributed by atoms with van der Waals surface area (Å²) in [6.45, 7) is 3.97. The summed E-state index contributed by atoms with van der Waals surface area (Å²) >= 11 is 0. The Morgan fingerprint density at radius 2 is 1.70 bits per heavy atom. The zero-order chi connectivity index (χ0) is 24.1. The van der Waals surface area contributed by atoms with Crippen molar-refractivity contribution in [2.75, 3.05) is 7.11 Å². The van der Waals surface area contributed by atoms with E-state index >= 15 is 0 Å². The fourth-order valence-electron chi connectivity index (χ4n) is 3.83. The van der Waals surface area contributed by atoms with Crippen LogP contribution in [0, 0.1) is 0 Å². The van der Waals surface area contributed by atoms with E-state index in [4.69, 9.17) is 14.2 Å². The summed E-state index contributed by atoms with van der Waals surface area (Å²) in [5.74, 6) is -2.66. The van der Waals surface area contributed by atoms with Crippen molar-refractivity contribution in [1.29, 1.82) is 0 Å². The number of esters is 2. The van der Waals surface area contributed by atoms with Gasteiger partial charge in [0.15, 0.2) is 17.3 Å². The Kier molecular flexibility index (Phi) is 7.58. The fourth-order valence-corrected chi connectivity index (χ4v) is 3.83. The number of methoxy groups -OCH3 is 1. The number of ketones is 1. The van der Waals surface area contributed by atoms with Gasteiger partial charge in [-0.1, -0.05) is 33.1 Å². The summed E-state index contributed by atoms with van der Waals surface area (Å²) in [7, 11) is 1.20. The molecule has 0 saturated carbocycles. The minimum Gasteiger partial charge on any atom is -0.508 e. The van der Waals surface area contributed by atoms with E-state index in [1.54, 1.807) is 0 Å². The summed E-state index contributed by atoms with van der Waals surface area (Å²) in [4.78, 5) is 38.2. The van der Waals surface area contributed by atoms with Crippen LogP contribution >= 0.6 is 0 Å². The number of rotatable bonds is 9. The standard InChI is InChI=1S/C25H28O8/c1-4-6-8-9-15-21(24(29)31-3)18(28)13-20-23(15)32-19-12-14(26)11-16(17(27)10-7-5-2)22(19)25(30)33-20/h11-13,26,28H,4-10H2,1-3H3. The first-order valence-electron chi connectivity index (χ1n) is 11.1. The van der Waals surface area contributed by atoms with Crippen molar-refractivity contribution < 1.29 is 38.8 Å². The quantitative estimate of drug-likeness (QED) is 0.225. The number of Topliss-reactive ketones (excluding diaryl/α,β-unsaturated/α-hetero) is 1. The molecule has 1 aliphatic rings. The zero-order valence-electron chi connectivity index (χ0n) is 19.0. The molecule has 0 radical (unpaired) electrons. The van der Waals surface area contributed by atoms with Crippen LogP contribution < -0.4 is 9.47 Å². The van der Waals surface area contributed by atoms with Gasteiger partial charge in [-0.05, 0) is 25.3 Å². The highest BCUT2D eigenvalue weighted by Crippen LogP contribution is 2.47. The van der Waals surface area contributed by atoms with Gasteiger partial charge in [0.1, 0.15) is 28.4 Å². The molecule has 0 saturated heterocycles. The molecule has 0 spiro atoms. The molecular weight excluding hydrogens is 428 g/mol. The molecule has 0 amide bonds. The first-order valence-corrected chi connectivity index (χ1v) is 11.1. The van der Waals surface area contributed by atoms with E-state index in [0.29, 0.717) is 24.8 Å². The van der Waals surface area contributed by atoms with Gasteiger partial charge < -0.3 is 24.4 Å². The number of aromatic hydroxyl groups is 2. The molecule has 0 unspecified atom stereocenters. The number of unbranched alkanes of at least 4 members (excludes halogenated alkanes) is 3. The maximum Gasteiger partial charge on any atom is 0.348 e. The zero-order valence-corrected chi connectivity index (χ0v) is 19.0. The molecule has 3 rings (SSSR count). The van der Waals surface area contributed by atoms with Gasteiger partial charge in [0.2, 0.25) is 0 Å². The molecule has 1 heterocycles. The van der Waals surface area contributed by atoms with Crippen LogP contribution in [-0.2, 0) is 11.2 Å². The number of phenolic OH excluding ortho intramolecular Hbond substituents is 2. The van der Waals surface area contributed by atoms with Crippen LogP contribution in [-0.4, -0.2) is 35.0 Å². The highest BCUT2D eigenvalue weighted by molar-refractivity contribution is 6.09. The molecule has 0 bridgehead atoms. The van der Waals surface area contributed by atoms with Crippen molar-refractivity contribution in [2.24, 2.45) is 0 Å². The van der Waals surface area contributed by atoms with E-state index in [9.17, 15) is 24.6 Å². The molecule has 0 aliphatic carbocycles. The Balaban J connectivity index is 2.19. The Morgan fingerprint density at radius 1 is 0.970 bits per heavy atom. The van der Waals surface area contributed by atoms with E-state index in [2.05, 4.69) is 0 Å². The van der Waals surface area contributed by atoms with Gasteiger partial charge in [-0.25, -0.2) is 9.59 Å². The van der Waals surface area contributed by atoms with Gasteiger partial charge in [-0.15, -0.1) is 0 Å². The Morgan fingerprint density at radius 3 is 2.36 bits per heavy atom. The lowest BCUT2D eigenvalue weighted by atomic mass is 9.98. The predicted molar refractivity (Wildman–Crippen MR) is 120 cm³/mol. The van der Waals surface area contributed by atoms with Crippen molar-refractivity contribution in [3.8, 4) is 28.7 Å². The van der Waals surface area contributed by atoms with Crippen LogP contribution in [0.3, 0.4) is 0 Å². The molecule has 33 heavy (non-hydrogen) atoms. The normalized spacial score (nSPS) is 12.2. The monoisotopic (exact) mass is 456 g/mol. The lowest BCUT2D eigenvalue weighted by Gasteiger charge is -2.17. The summed E-state index contributed by atoms with van der Waals surface area (Å²) < 4.78 is 16.4. The molecule has 8 nitrogen and oxygen atoms in total. The number of ether oxygens (including phenoxy) is 3. The molecule has 0 fully saturated rings. The Labute approximate surface area is 192 Å². The largest absolute Gasteiger partial charge is 0.508 e. The van der Waals surface area contributed by atoms with Gasteiger partial charge >= 0.3 is 11.9 Å². The van der Waals surface area contributed by atoms with Crippen molar-refractivity contribution in [3.63, 3.8) is 0 Å². The highest BCUT2D eigenvalue weighted by atomic mass is 16.6. The molecule has 0 aromatic heterocycles. The summed E-state index contributed by atoms with van der Waals surface area (Å²) in [5, 5.41) is 20.8. The van der Waals surface area contributed by atoms with Gasteiger partial charge in [0, 0.05) is 29.7 Å². The molecule has 176 valence electrons. The minimum atomic E-state index is -0.853. The first kappa shape index (κ1) is 24.1. The second kappa shape index (κ2) is 10.4. The predicted octanol–water partition coefficient (Wildman–Crippen LogP) is 5.31.